The SMILES string of the molecule is NC(=NOCC(=O)N1CCc2ccc([N+](=O)[O-])cc21)C1CCCC1. The molecule has 1 amide bonds. The third-order valence-electron chi connectivity index (χ3n) is 4.61. The van der Waals surface area contributed by atoms with Gasteiger partial charge in [-0.25, -0.2) is 0 Å². The van der Waals surface area contributed by atoms with Crippen LogP contribution in [-0.4, -0.2) is 29.8 Å². The largest absolute Gasteiger partial charge is 0.384 e. The number of fused-ring (bicyclic) bond motifs is 1. The minimum absolute atomic E-state index is 0.0298. The van der Waals surface area contributed by atoms with Gasteiger partial charge < -0.3 is 15.5 Å². The van der Waals surface area contributed by atoms with Crippen molar-refractivity contribution >= 4 is 23.1 Å². The highest BCUT2D eigenvalue weighted by molar-refractivity contribution is 5.96. The van der Waals surface area contributed by atoms with Crippen LogP contribution in [0.25, 0.3) is 0 Å². The summed E-state index contributed by atoms with van der Waals surface area (Å²) in [5, 5.41) is 14.8. The molecule has 3 rings (SSSR count). The average Bonchev–Trinajstić information content (AvgIpc) is 3.23. The molecular weight excluding hydrogens is 312 g/mol. The Balaban J connectivity index is 1.62. The highest BCUT2D eigenvalue weighted by Crippen LogP contribution is 2.31. The summed E-state index contributed by atoms with van der Waals surface area (Å²) in [5.74, 6) is 0.408. The van der Waals surface area contributed by atoms with Crippen molar-refractivity contribution in [1.82, 2.24) is 0 Å². The number of carbonyl (C=O) groups is 1. The van der Waals surface area contributed by atoms with Crippen LogP contribution in [0.3, 0.4) is 0 Å². The summed E-state index contributed by atoms with van der Waals surface area (Å²) in [4.78, 5) is 29.4. The molecule has 0 saturated heterocycles. The van der Waals surface area contributed by atoms with Gasteiger partial charge in [0.1, 0.15) is 5.84 Å². The molecule has 0 radical (unpaired) electrons. The molecule has 0 unspecified atom stereocenters. The number of amidine groups is 1. The predicted molar refractivity (Wildman–Crippen MR) is 88.7 cm³/mol. The monoisotopic (exact) mass is 332 g/mol. The Morgan fingerprint density at radius 2 is 2.17 bits per heavy atom. The second-order valence-electron chi connectivity index (χ2n) is 6.14. The van der Waals surface area contributed by atoms with Gasteiger partial charge in [0.05, 0.1) is 10.6 Å². The molecule has 1 aromatic rings. The Kier molecular flexibility index (Phi) is 4.64. The summed E-state index contributed by atoms with van der Waals surface area (Å²) >= 11 is 0. The maximum absolute atomic E-state index is 12.3. The van der Waals surface area contributed by atoms with Gasteiger partial charge in [0.25, 0.3) is 11.6 Å². The number of oxime groups is 1. The molecule has 8 heteroatoms. The van der Waals surface area contributed by atoms with E-state index in [0.29, 0.717) is 24.5 Å². The molecule has 128 valence electrons. The van der Waals surface area contributed by atoms with Gasteiger partial charge in [0, 0.05) is 24.6 Å². The predicted octanol–water partition coefficient (Wildman–Crippen LogP) is 1.96. The smallest absolute Gasteiger partial charge is 0.271 e. The summed E-state index contributed by atoms with van der Waals surface area (Å²) in [5.41, 5.74) is 7.34. The summed E-state index contributed by atoms with van der Waals surface area (Å²) < 4.78 is 0. The molecule has 2 aliphatic rings. The van der Waals surface area contributed by atoms with E-state index in [1.54, 1.807) is 6.07 Å². The number of hydrogen-bond acceptors (Lipinski definition) is 5. The van der Waals surface area contributed by atoms with Gasteiger partial charge in [-0.2, -0.15) is 0 Å². The number of nitro benzene ring substituents is 1. The lowest BCUT2D eigenvalue weighted by molar-refractivity contribution is -0.384. The van der Waals surface area contributed by atoms with Crippen molar-refractivity contribution in [2.45, 2.75) is 32.1 Å². The third kappa shape index (κ3) is 3.32. The van der Waals surface area contributed by atoms with Crippen LogP contribution in [-0.2, 0) is 16.1 Å². The molecule has 8 nitrogen and oxygen atoms in total. The van der Waals surface area contributed by atoms with Gasteiger partial charge in [-0.15, -0.1) is 0 Å². The Morgan fingerprint density at radius 3 is 2.88 bits per heavy atom. The molecule has 0 aromatic heterocycles. The molecule has 1 aliphatic heterocycles. The van der Waals surface area contributed by atoms with Crippen molar-refractivity contribution in [3.63, 3.8) is 0 Å². The lowest BCUT2D eigenvalue weighted by Crippen LogP contribution is -2.32. The van der Waals surface area contributed by atoms with Gasteiger partial charge >= 0.3 is 0 Å². The minimum Gasteiger partial charge on any atom is -0.384 e. The van der Waals surface area contributed by atoms with E-state index >= 15 is 0 Å². The molecule has 0 atom stereocenters. The molecule has 0 spiro atoms. The molecule has 2 N–H and O–H groups in total. The fourth-order valence-electron chi connectivity index (χ4n) is 3.28. The van der Waals surface area contributed by atoms with E-state index in [4.69, 9.17) is 10.6 Å². The fourth-order valence-corrected chi connectivity index (χ4v) is 3.28. The maximum Gasteiger partial charge on any atom is 0.271 e. The van der Waals surface area contributed by atoms with Crippen LogP contribution < -0.4 is 10.6 Å². The van der Waals surface area contributed by atoms with Crippen molar-refractivity contribution in [3.8, 4) is 0 Å². The number of amides is 1. The Morgan fingerprint density at radius 1 is 1.42 bits per heavy atom. The van der Waals surface area contributed by atoms with Crippen LogP contribution in [0.1, 0.15) is 31.2 Å². The second kappa shape index (κ2) is 6.86. The van der Waals surface area contributed by atoms with Gasteiger partial charge in [0.15, 0.2) is 6.61 Å². The summed E-state index contributed by atoms with van der Waals surface area (Å²) in [7, 11) is 0. The van der Waals surface area contributed by atoms with E-state index in [2.05, 4.69) is 5.16 Å². The highest BCUT2D eigenvalue weighted by atomic mass is 16.6. The van der Waals surface area contributed by atoms with E-state index in [0.717, 1.165) is 31.2 Å². The zero-order chi connectivity index (χ0) is 17.1. The highest BCUT2D eigenvalue weighted by Gasteiger charge is 2.27. The lowest BCUT2D eigenvalue weighted by atomic mass is 10.1. The molecule has 24 heavy (non-hydrogen) atoms. The zero-order valence-electron chi connectivity index (χ0n) is 13.3. The first kappa shape index (κ1) is 16.2. The molecule has 0 bridgehead atoms. The van der Waals surface area contributed by atoms with Gasteiger partial charge in [-0.05, 0) is 24.8 Å². The summed E-state index contributed by atoms with van der Waals surface area (Å²) in [6.07, 6.45) is 4.98. The van der Waals surface area contributed by atoms with Crippen LogP contribution in [0.4, 0.5) is 11.4 Å². The first-order chi connectivity index (χ1) is 11.6. The first-order valence-corrected chi connectivity index (χ1v) is 8.09. The summed E-state index contributed by atoms with van der Waals surface area (Å²) in [6, 6.07) is 4.57. The second-order valence-corrected chi connectivity index (χ2v) is 6.14. The standard InChI is InChI=1S/C16H20N4O4/c17-16(12-3-1-2-4-12)18-24-10-15(21)19-8-7-11-5-6-13(20(22)23)9-14(11)19/h5-6,9,12H,1-4,7-8,10H2,(H2,17,18). The van der Waals surface area contributed by atoms with Crippen LogP contribution in [0.5, 0.6) is 0 Å². The Hall–Kier alpha value is -2.64. The van der Waals surface area contributed by atoms with Gasteiger partial charge in [-0.3, -0.25) is 14.9 Å². The lowest BCUT2D eigenvalue weighted by Gasteiger charge is -2.16. The van der Waals surface area contributed by atoms with Gasteiger partial charge in [-0.1, -0.05) is 24.1 Å². The first-order valence-electron chi connectivity index (χ1n) is 8.09. The Bertz CT molecular complexity index is 683. The number of hydrogen-bond donors (Lipinski definition) is 1. The third-order valence-corrected chi connectivity index (χ3v) is 4.61. The molecular formula is C16H20N4O4. The molecule has 1 heterocycles. The van der Waals surface area contributed by atoms with Crippen LogP contribution >= 0.6 is 0 Å². The quantitative estimate of drug-likeness (QED) is 0.383. The number of rotatable bonds is 5. The molecule has 1 saturated carbocycles. The molecule has 1 aliphatic carbocycles. The number of nitrogens with zero attached hydrogens (tertiary/aromatic N) is 3. The van der Waals surface area contributed by atoms with Crippen molar-refractivity contribution in [3.05, 3.63) is 33.9 Å². The topological polar surface area (TPSA) is 111 Å². The van der Waals surface area contributed by atoms with Crippen molar-refractivity contribution in [2.75, 3.05) is 18.1 Å². The number of carbonyl (C=O) groups excluding carboxylic acids is 1. The maximum atomic E-state index is 12.3. The van der Waals surface area contributed by atoms with E-state index in [1.807, 2.05) is 0 Å². The van der Waals surface area contributed by atoms with Gasteiger partial charge in [0.2, 0.25) is 0 Å². The van der Waals surface area contributed by atoms with Crippen LogP contribution in [0.15, 0.2) is 23.4 Å². The van der Waals surface area contributed by atoms with E-state index in [-0.39, 0.29) is 24.1 Å². The molecule has 1 aromatic carbocycles. The van der Waals surface area contributed by atoms with Crippen molar-refractivity contribution in [1.29, 1.82) is 0 Å². The van der Waals surface area contributed by atoms with E-state index in [1.165, 1.54) is 17.0 Å². The van der Waals surface area contributed by atoms with Crippen molar-refractivity contribution in [2.24, 2.45) is 16.8 Å². The minimum atomic E-state index is -0.468. The van der Waals surface area contributed by atoms with Crippen LogP contribution in [0, 0.1) is 16.0 Å². The van der Waals surface area contributed by atoms with E-state index < -0.39 is 4.92 Å². The average molecular weight is 332 g/mol. The molecule has 1 fully saturated rings. The Labute approximate surface area is 139 Å². The number of nitro groups is 1. The summed E-state index contributed by atoms with van der Waals surface area (Å²) in [6.45, 7) is 0.260. The van der Waals surface area contributed by atoms with Crippen LogP contribution in [0.2, 0.25) is 0 Å². The number of benzene rings is 1. The fraction of sp³-hybridized carbons (Fsp3) is 0.500. The number of non-ortho nitro benzene ring substituents is 1. The normalized spacial score (nSPS) is 17.8. The number of anilines is 1. The number of nitrogens with two attached hydrogens (primary N) is 1. The van der Waals surface area contributed by atoms with E-state index in [9.17, 15) is 14.9 Å². The van der Waals surface area contributed by atoms with Crippen molar-refractivity contribution < 1.29 is 14.6 Å². The zero-order valence-corrected chi connectivity index (χ0v) is 13.3.